The Morgan fingerprint density at radius 1 is 1.38 bits per heavy atom. The molecule has 2 N–H and O–H groups in total. The van der Waals surface area contributed by atoms with Gasteiger partial charge < -0.3 is 10.2 Å². The van der Waals surface area contributed by atoms with Gasteiger partial charge in [0.1, 0.15) is 0 Å². The van der Waals surface area contributed by atoms with Gasteiger partial charge in [0.05, 0.1) is 12.2 Å². The first-order chi connectivity index (χ1) is 6.09. The second kappa shape index (κ2) is 4.74. The van der Waals surface area contributed by atoms with E-state index in [1.807, 2.05) is 0 Å². The van der Waals surface area contributed by atoms with E-state index in [9.17, 15) is 10.2 Å². The first kappa shape index (κ1) is 10.7. The Bertz CT molecular complexity index is 187. The molecule has 0 aliphatic carbocycles. The Kier molecular flexibility index (Phi) is 3.90. The Hall–Kier alpha value is -0.380. The molecule has 1 fully saturated rings. The molecule has 1 heterocycles. The average Bonchev–Trinajstić information content (AvgIpc) is 2.07. The highest BCUT2D eigenvalue weighted by Gasteiger charge is 2.24. The van der Waals surface area contributed by atoms with E-state index in [1.165, 1.54) is 5.57 Å². The predicted molar refractivity (Wildman–Crippen MR) is 52.5 cm³/mol. The Morgan fingerprint density at radius 3 is 2.62 bits per heavy atom. The van der Waals surface area contributed by atoms with Crippen molar-refractivity contribution in [2.24, 2.45) is 0 Å². The van der Waals surface area contributed by atoms with Crippen LogP contribution >= 0.6 is 0 Å². The van der Waals surface area contributed by atoms with Crippen LogP contribution in [0.4, 0.5) is 0 Å². The van der Waals surface area contributed by atoms with Crippen molar-refractivity contribution >= 4 is 0 Å². The minimum Gasteiger partial charge on any atom is -0.390 e. The molecule has 1 saturated heterocycles. The molecule has 3 nitrogen and oxygen atoms in total. The molecule has 3 heteroatoms. The van der Waals surface area contributed by atoms with Gasteiger partial charge in [0.25, 0.3) is 0 Å². The van der Waals surface area contributed by atoms with Crippen molar-refractivity contribution in [1.29, 1.82) is 0 Å². The number of aliphatic hydroxyl groups excluding tert-OH is 2. The van der Waals surface area contributed by atoms with Crippen LogP contribution in [0.1, 0.15) is 20.3 Å². The van der Waals surface area contributed by atoms with Gasteiger partial charge in [0.2, 0.25) is 0 Å². The van der Waals surface area contributed by atoms with Crippen LogP contribution in [0.5, 0.6) is 0 Å². The smallest absolute Gasteiger partial charge is 0.0926 e. The van der Waals surface area contributed by atoms with Crippen LogP contribution in [0.15, 0.2) is 11.6 Å². The zero-order valence-electron chi connectivity index (χ0n) is 8.40. The number of nitrogens with zero attached hydrogens (tertiary/aromatic N) is 1. The molecule has 0 bridgehead atoms. The van der Waals surface area contributed by atoms with Crippen LogP contribution in [-0.2, 0) is 0 Å². The summed E-state index contributed by atoms with van der Waals surface area (Å²) in [6.45, 7) is 6.48. The van der Waals surface area contributed by atoms with Gasteiger partial charge in [0.15, 0.2) is 0 Å². The van der Waals surface area contributed by atoms with Crippen molar-refractivity contribution in [3.05, 3.63) is 11.6 Å². The summed E-state index contributed by atoms with van der Waals surface area (Å²) in [7, 11) is 0. The number of β-amino-alcohol motifs (C(OH)–C–C–N with tert-alkyl or cyclic N) is 1. The van der Waals surface area contributed by atoms with Gasteiger partial charge >= 0.3 is 0 Å². The molecular weight excluding hydrogens is 166 g/mol. The Balaban J connectivity index is 2.33. The van der Waals surface area contributed by atoms with Crippen LogP contribution in [0, 0.1) is 0 Å². The van der Waals surface area contributed by atoms with E-state index in [1.54, 1.807) is 0 Å². The molecular formula is C10H19NO2. The number of aliphatic hydroxyl groups is 2. The number of hydrogen-bond donors (Lipinski definition) is 2. The summed E-state index contributed by atoms with van der Waals surface area (Å²) in [4.78, 5) is 2.16. The summed E-state index contributed by atoms with van der Waals surface area (Å²) < 4.78 is 0. The highest BCUT2D eigenvalue weighted by Crippen LogP contribution is 2.10. The van der Waals surface area contributed by atoms with Crippen molar-refractivity contribution < 1.29 is 10.2 Å². The van der Waals surface area contributed by atoms with Gasteiger partial charge in [-0.1, -0.05) is 11.6 Å². The van der Waals surface area contributed by atoms with Crippen molar-refractivity contribution in [2.75, 3.05) is 19.6 Å². The molecule has 0 aromatic rings. The lowest BCUT2D eigenvalue weighted by atomic mass is 10.1. The lowest BCUT2D eigenvalue weighted by molar-refractivity contribution is -0.0354. The van der Waals surface area contributed by atoms with Gasteiger partial charge in [0, 0.05) is 19.6 Å². The summed E-state index contributed by atoms with van der Waals surface area (Å²) in [5.41, 5.74) is 1.29. The zero-order valence-corrected chi connectivity index (χ0v) is 8.40. The molecule has 1 aliphatic heterocycles. The van der Waals surface area contributed by atoms with Crippen LogP contribution in [0.2, 0.25) is 0 Å². The SMILES string of the molecule is CC(C)=CCN1CC[C@@H](O)[C@@H](O)C1. The molecule has 13 heavy (non-hydrogen) atoms. The molecule has 0 unspecified atom stereocenters. The van der Waals surface area contributed by atoms with Crippen LogP contribution in [0.25, 0.3) is 0 Å². The lowest BCUT2D eigenvalue weighted by Crippen LogP contribution is -2.46. The van der Waals surface area contributed by atoms with E-state index < -0.39 is 12.2 Å². The van der Waals surface area contributed by atoms with Gasteiger partial charge in [-0.15, -0.1) is 0 Å². The second-order valence-corrected chi connectivity index (χ2v) is 3.96. The molecule has 76 valence electrons. The standard InChI is InChI=1S/C10H19NO2/c1-8(2)3-5-11-6-4-9(12)10(13)7-11/h3,9-10,12-13H,4-7H2,1-2H3/t9-,10+/m1/s1. The summed E-state index contributed by atoms with van der Waals surface area (Å²) in [5.74, 6) is 0. The highest BCUT2D eigenvalue weighted by molar-refractivity contribution is 4.96. The van der Waals surface area contributed by atoms with E-state index in [2.05, 4.69) is 24.8 Å². The van der Waals surface area contributed by atoms with Crippen LogP contribution in [-0.4, -0.2) is 47.0 Å². The number of rotatable bonds is 2. The maximum Gasteiger partial charge on any atom is 0.0926 e. The molecule has 0 aromatic heterocycles. The second-order valence-electron chi connectivity index (χ2n) is 3.96. The average molecular weight is 185 g/mol. The maximum absolute atomic E-state index is 9.40. The fraction of sp³-hybridized carbons (Fsp3) is 0.800. The molecule has 0 amide bonds. The van der Waals surface area contributed by atoms with Gasteiger partial charge in [-0.25, -0.2) is 0 Å². The largest absolute Gasteiger partial charge is 0.390 e. The first-order valence-corrected chi connectivity index (χ1v) is 4.81. The van der Waals surface area contributed by atoms with E-state index in [-0.39, 0.29) is 0 Å². The molecule has 0 radical (unpaired) electrons. The van der Waals surface area contributed by atoms with Gasteiger partial charge in [-0.05, 0) is 20.3 Å². The molecule has 0 saturated carbocycles. The summed E-state index contributed by atoms with van der Waals surface area (Å²) in [5, 5.41) is 18.7. The van der Waals surface area contributed by atoms with Crippen LogP contribution < -0.4 is 0 Å². The number of likely N-dealkylation sites (tertiary alicyclic amines) is 1. The molecule has 0 aromatic carbocycles. The normalized spacial score (nSPS) is 30.2. The van der Waals surface area contributed by atoms with E-state index >= 15 is 0 Å². The third-order valence-corrected chi connectivity index (χ3v) is 2.39. The highest BCUT2D eigenvalue weighted by atomic mass is 16.3. The molecule has 2 atom stereocenters. The van der Waals surface area contributed by atoms with E-state index in [4.69, 9.17) is 0 Å². The number of allylic oxidation sites excluding steroid dienone is 1. The predicted octanol–water partition coefficient (Wildman–Crippen LogP) is 0.380. The fourth-order valence-electron chi connectivity index (χ4n) is 1.46. The van der Waals surface area contributed by atoms with Crippen molar-refractivity contribution in [2.45, 2.75) is 32.5 Å². The minimum atomic E-state index is -0.570. The zero-order chi connectivity index (χ0) is 9.84. The topological polar surface area (TPSA) is 43.7 Å². The summed E-state index contributed by atoms with van der Waals surface area (Å²) in [6, 6.07) is 0. The van der Waals surface area contributed by atoms with Gasteiger partial charge in [-0.3, -0.25) is 4.90 Å². The third kappa shape index (κ3) is 3.46. The molecule has 1 aliphatic rings. The lowest BCUT2D eigenvalue weighted by Gasteiger charge is -2.32. The molecule has 0 spiro atoms. The van der Waals surface area contributed by atoms with E-state index in [0.717, 1.165) is 13.1 Å². The Labute approximate surface area is 79.7 Å². The maximum atomic E-state index is 9.40. The number of piperidine rings is 1. The number of hydrogen-bond acceptors (Lipinski definition) is 3. The first-order valence-electron chi connectivity index (χ1n) is 4.81. The third-order valence-electron chi connectivity index (χ3n) is 2.39. The Morgan fingerprint density at radius 2 is 2.08 bits per heavy atom. The minimum absolute atomic E-state index is 0.525. The van der Waals surface area contributed by atoms with Gasteiger partial charge in [-0.2, -0.15) is 0 Å². The van der Waals surface area contributed by atoms with Crippen molar-refractivity contribution in [3.8, 4) is 0 Å². The van der Waals surface area contributed by atoms with Crippen LogP contribution in [0.3, 0.4) is 0 Å². The molecule has 1 rings (SSSR count). The fourth-order valence-corrected chi connectivity index (χ4v) is 1.46. The quantitative estimate of drug-likeness (QED) is 0.611. The monoisotopic (exact) mass is 185 g/mol. The summed E-state index contributed by atoms with van der Waals surface area (Å²) in [6.07, 6.45) is 1.73. The summed E-state index contributed by atoms with van der Waals surface area (Å²) >= 11 is 0. The van der Waals surface area contributed by atoms with Crippen molar-refractivity contribution in [3.63, 3.8) is 0 Å². The van der Waals surface area contributed by atoms with E-state index in [0.29, 0.717) is 13.0 Å². The van der Waals surface area contributed by atoms with Crippen molar-refractivity contribution in [1.82, 2.24) is 4.90 Å².